The van der Waals surface area contributed by atoms with Crippen LogP contribution in [-0.4, -0.2) is 28.2 Å². The summed E-state index contributed by atoms with van der Waals surface area (Å²) in [4.78, 5) is -0.00130. The van der Waals surface area contributed by atoms with Gasteiger partial charge in [-0.2, -0.15) is 0 Å². The number of nitrogens with two attached hydrogens (primary N) is 1. The van der Waals surface area contributed by atoms with Gasteiger partial charge in [-0.05, 0) is 43.4 Å². The molecule has 0 bridgehead atoms. The summed E-state index contributed by atoms with van der Waals surface area (Å²) < 4.78 is 45.2. The van der Waals surface area contributed by atoms with Crippen molar-refractivity contribution in [2.75, 3.05) is 25.5 Å². The summed E-state index contributed by atoms with van der Waals surface area (Å²) in [6, 6.07) is 2.26. The molecule has 112 valence electrons. The lowest BCUT2D eigenvalue weighted by molar-refractivity contribution is 0.129. The van der Waals surface area contributed by atoms with Crippen molar-refractivity contribution in [2.24, 2.45) is 5.92 Å². The van der Waals surface area contributed by atoms with Crippen molar-refractivity contribution in [1.82, 2.24) is 4.72 Å². The van der Waals surface area contributed by atoms with E-state index < -0.39 is 15.8 Å². The second-order valence-corrected chi connectivity index (χ2v) is 6.79. The van der Waals surface area contributed by atoms with E-state index in [0.717, 1.165) is 12.1 Å². The topological polar surface area (TPSA) is 81.4 Å². The van der Waals surface area contributed by atoms with E-state index in [-0.39, 0.29) is 17.1 Å². The van der Waals surface area contributed by atoms with E-state index >= 15 is 0 Å². The van der Waals surface area contributed by atoms with E-state index in [1.54, 1.807) is 0 Å². The molecule has 0 aromatic heterocycles. The number of benzene rings is 1. The number of hydrogen-bond donors (Lipinski definition) is 2. The Morgan fingerprint density at radius 1 is 1.45 bits per heavy atom. The standard InChI is InChI=1S/C13H19FN2O3S/c1-9-6-11(14)12(15)7-13(9)20(17,18)16-4-5-19-8-10-2-3-10/h6-7,10,16H,2-5,8,15H2,1H3. The molecule has 1 aromatic rings. The zero-order chi connectivity index (χ0) is 14.8. The molecule has 0 aliphatic heterocycles. The predicted octanol–water partition coefficient (Wildman–Crippen LogP) is 1.42. The van der Waals surface area contributed by atoms with Gasteiger partial charge in [0, 0.05) is 13.2 Å². The first-order chi connectivity index (χ1) is 9.40. The molecule has 1 aliphatic rings. The average molecular weight is 302 g/mol. The van der Waals surface area contributed by atoms with Crippen molar-refractivity contribution in [3.63, 3.8) is 0 Å². The third-order valence-corrected chi connectivity index (χ3v) is 4.78. The Hall–Kier alpha value is -1.18. The minimum Gasteiger partial charge on any atom is -0.396 e. The molecule has 5 nitrogen and oxygen atoms in total. The minimum atomic E-state index is -3.69. The Morgan fingerprint density at radius 2 is 2.15 bits per heavy atom. The zero-order valence-corrected chi connectivity index (χ0v) is 12.2. The molecule has 0 saturated heterocycles. The number of rotatable bonds is 7. The van der Waals surface area contributed by atoms with E-state index in [0.29, 0.717) is 24.7 Å². The second-order valence-electron chi connectivity index (χ2n) is 5.06. The number of hydrogen-bond acceptors (Lipinski definition) is 4. The molecule has 0 unspecified atom stereocenters. The van der Waals surface area contributed by atoms with Crippen LogP contribution in [0.4, 0.5) is 10.1 Å². The highest BCUT2D eigenvalue weighted by atomic mass is 32.2. The van der Waals surface area contributed by atoms with Gasteiger partial charge in [-0.15, -0.1) is 0 Å². The van der Waals surface area contributed by atoms with Gasteiger partial charge in [-0.25, -0.2) is 17.5 Å². The summed E-state index contributed by atoms with van der Waals surface area (Å²) in [7, 11) is -3.69. The summed E-state index contributed by atoms with van der Waals surface area (Å²) in [6.07, 6.45) is 2.39. The molecular weight excluding hydrogens is 283 g/mol. The maximum Gasteiger partial charge on any atom is 0.240 e. The number of sulfonamides is 1. The van der Waals surface area contributed by atoms with Crippen molar-refractivity contribution in [3.8, 4) is 0 Å². The summed E-state index contributed by atoms with van der Waals surface area (Å²) in [6.45, 7) is 2.72. The Bertz CT molecular complexity index is 586. The molecular formula is C13H19FN2O3S. The van der Waals surface area contributed by atoms with Crippen molar-refractivity contribution >= 4 is 15.7 Å². The molecule has 0 heterocycles. The molecule has 20 heavy (non-hydrogen) atoms. The number of aryl methyl sites for hydroxylation is 1. The van der Waals surface area contributed by atoms with Gasteiger partial charge in [0.25, 0.3) is 0 Å². The maximum absolute atomic E-state index is 13.2. The first-order valence-electron chi connectivity index (χ1n) is 6.53. The number of nitrogen functional groups attached to an aromatic ring is 1. The average Bonchev–Trinajstić information content (AvgIpc) is 3.17. The van der Waals surface area contributed by atoms with Crippen LogP contribution >= 0.6 is 0 Å². The van der Waals surface area contributed by atoms with E-state index in [1.165, 1.54) is 19.8 Å². The fraction of sp³-hybridized carbons (Fsp3) is 0.538. The maximum atomic E-state index is 13.2. The summed E-state index contributed by atoms with van der Waals surface area (Å²) in [5.41, 5.74) is 5.55. The quantitative estimate of drug-likeness (QED) is 0.589. The molecule has 1 fully saturated rings. The molecule has 0 atom stereocenters. The van der Waals surface area contributed by atoms with Gasteiger partial charge in [0.1, 0.15) is 5.82 Å². The second kappa shape index (κ2) is 6.07. The number of nitrogens with one attached hydrogen (secondary N) is 1. The van der Waals surface area contributed by atoms with Crippen LogP contribution in [0.2, 0.25) is 0 Å². The first kappa shape index (κ1) is 15.2. The van der Waals surface area contributed by atoms with Crippen molar-refractivity contribution in [3.05, 3.63) is 23.5 Å². The molecule has 0 spiro atoms. The smallest absolute Gasteiger partial charge is 0.240 e. The molecule has 0 radical (unpaired) electrons. The van der Waals surface area contributed by atoms with Crippen LogP contribution in [0.25, 0.3) is 0 Å². The Morgan fingerprint density at radius 3 is 2.80 bits per heavy atom. The van der Waals surface area contributed by atoms with E-state index in [2.05, 4.69) is 4.72 Å². The molecule has 3 N–H and O–H groups in total. The van der Waals surface area contributed by atoms with Crippen LogP contribution in [0.5, 0.6) is 0 Å². The Kier molecular flexibility index (Phi) is 4.62. The SMILES string of the molecule is Cc1cc(F)c(N)cc1S(=O)(=O)NCCOCC1CC1. The summed E-state index contributed by atoms with van der Waals surface area (Å²) in [5.74, 6) is 0.0277. The van der Waals surface area contributed by atoms with Gasteiger partial charge in [0.05, 0.1) is 17.2 Å². The van der Waals surface area contributed by atoms with Crippen molar-refractivity contribution in [1.29, 1.82) is 0 Å². The van der Waals surface area contributed by atoms with E-state index in [1.807, 2.05) is 0 Å². The lowest BCUT2D eigenvalue weighted by Crippen LogP contribution is -2.28. The van der Waals surface area contributed by atoms with Crippen LogP contribution in [0, 0.1) is 18.7 Å². The van der Waals surface area contributed by atoms with Crippen LogP contribution < -0.4 is 10.5 Å². The molecule has 1 saturated carbocycles. The number of halogens is 1. The van der Waals surface area contributed by atoms with Crippen molar-refractivity contribution in [2.45, 2.75) is 24.7 Å². The number of anilines is 1. The summed E-state index contributed by atoms with van der Waals surface area (Å²) >= 11 is 0. The lowest BCUT2D eigenvalue weighted by atomic mass is 10.2. The third-order valence-electron chi connectivity index (χ3n) is 3.17. The van der Waals surface area contributed by atoms with Gasteiger partial charge < -0.3 is 10.5 Å². The van der Waals surface area contributed by atoms with Crippen LogP contribution in [0.15, 0.2) is 17.0 Å². The van der Waals surface area contributed by atoms with Gasteiger partial charge in [0.2, 0.25) is 10.0 Å². The zero-order valence-electron chi connectivity index (χ0n) is 11.4. The summed E-state index contributed by atoms with van der Waals surface area (Å²) in [5, 5.41) is 0. The Balaban J connectivity index is 1.93. The highest BCUT2D eigenvalue weighted by Crippen LogP contribution is 2.28. The fourth-order valence-electron chi connectivity index (χ4n) is 1.82. The van der Waals surface area contributed by atoms with E-state index in [9.17, 15) is 12.8 Å². The van der Waals surface area contributed by atoms with Gasteiger partial charge in [0.15, 0.2) is 0 Å². The highest BCUT2D eigenvalue weighted by molar-refractivity contribution is 7.89. The minimum absolute atomic E-state index is 0.00130. The molecule has 1 aromatic carbocycles. The first-order valence-corrected chi connectivity index (χ1v) is 8.01. The van der Waals surface area contributed by atoms with Gasteiger partial charge in [-0.3, -0.25) is 0 Å². The third kappa shape index (κ3) is 3.91. The molecule has 0 amide bonds. The van der Waals surface area contributed by atoms with Gasteiger partial charge in [-0.1, -0.05) is 0 Å². The monoisotopic (exact) mass is 302 g/mol. The lowest BCUT2D eigenvalue weighted by Gasteiger charge is -2.11. The fourth-order valence-corrected chi connectivity index (χ4v) is 3.09. The van der Waals surface area contributed by atoms with Gasteiger partial charge >= 0.3 is 0 Å². The van der Waals surface area contributed by atoms with E-state index in [4.69, 9.17) is 10.5 Å². The highest BCUT2D eigenvalue weighted by Gasteiger charge is 2.21. The predicted molar refractivity (Wildman–Crippen MR) is 74.3 cm³/mol. The molecule has 2 rings (SSSR count). The molecule has 7 heteroatoms. The number of ether oxygens (including phenoxy) is 1. The Labute approximate surface area is 118 Å². The molecule has 1 aliphatic carbocycles. The van der Waals surface area contributed by atoms with Crippen molar-refractivity contribution < 1.29 is 17.5 Å². The van der Waals surface area contributed by atoms with Crippen LogP contribution in [0.3, 0.4) is 0 Å². The normalized spacial score (nSPS) is 15.5. The largest absolute Gasteiger partial charge is 0.396 e. The van der Waals surface area contributed by atoms with Crippen LogP contribution in [0.1, 0.15) is 18.4 Å². The van der Waals surface area contributed by atoms with Crippen LogP contribution in [-0.2, 0) is 14.8 Å².